The molecule has 7 nitrogen and oxygen atoms in total. The molecule has 0 aromatic heterocycles. The fraction of sp³-hybridized carbons (Fsp3) is 0.500. The maximum absolute atomic E-state index is 13.1. The van der Waals surface area contributed by atoms with E-state index in [1.807, 2.05) is 12.2 Å². The molecule has 1 aromatic rings. The van der Waals surface area contributed by atoms with E-state index in [9.17, 15) is 19.8 Å². The van der Waals surface area contributed by atoms with Gasteiger partial charge in [0, 0.05) is 7.11 Å². The van der Waals surface area contributed by atoms with E-state index < -0.39 is 29.6 Å². The zero-order valence-electron chi connectivity index (χ0n) is 15.1. The molecule has 3 aliphatic rings. The van der Waals surface area contributed by atoms with E-state index in [1.54, 1.807) is 12.1 Å². The Kier molecular flexibility index (Phi) is 4.53. The van der Waals surface area contributed by atoms with Crippen molar-refractivity contribution in [3.8, 4) is 5.75 Å². The Labute approximate surface area is 157 Å². The van der Waals surface area contributed by atoms with Crippen LogP contribution in [-0.2, 0) is 19.1 Å². The van der Waals surface area contributed by atoms with Gasteiger partial charge >= 0.3 is 0 Å². The lowest BCUT2D eigenvalue weighted by molar-refractivity contribution is -0.126. The van der Waals surface area contributed by atoms with Crippen LogP contribution in [0.4, 0.5) is 5.69 Å². The number of ether oxygens (including phenoxy) is 2. The minimum atomic E-state index is -0.791. The molecule has 144 valence electrons. The molecule has 0 radical (unpaired) electrons. The molecule has 1 aromatic carbocycles. The largest absolute Gasteiger partial charge is 0.508 e. The molecule has 7 heteroatoms. The molecule has 2 bridgehead atoms. The Morgan fingerprint density at radius 1 is 1.26 bits per heavy atom. The third kappa shape index (κ3) is 2.86. The van der Waals surface area contributed by atoms with Crippen LogP contribution in [0.2, 0.25) is 0 Å². The maximum atomic E-state index is 13.1. The van der Waals surface area contributed by atoms with Crippen LogP contribution in [0, 0.1) is 11.8 Å². The molecule has 5 unspecified atom stereocenters. The van der Waals surface area contributed by atoms with E-state index in [0.29, 0.717) is 24.9 Å². The smallest absolute Gasteiger partial charge is 0.241 e. The number of aromatic hydroxyl groups is 1. The highest BCUT2D eigenvalue weighted by molar-refractivity contribution is 6.23. The van der Waals surface area contributed by atoms with E-state index in [-0.39, 0.29) is 24.2 Å². The van der Waals surface area contributed by atoms with Crippen molar-refractivity contribution < 1.29 is 29.3 Å². The Hall–Kier alpha value is -2.22. The van der Waals surface area contributed by atoms with Crippen LogP contribution in [0.5, 0.6) is 5.75 Å². The third-order valence-electron chi connectivity index (χ3n) is 5.73. The van der Waals surface area contributed by atoms with Crippen molar-refractivity contribution in [2.75, 3.05) is 18.6 Å². The first-order valence-electron chi connectivity index (χ1n) is 9.18. The number of carbonyl (C=O) groups is 2. The number of benzene rings is 1. The molecule has 0 saturated carbocycles. The topological polar surface area (TPSA) is 96.3 Å². The van der Waals surface area contributed by atoms with Crippen molar-refractivity contribution in [1.82, 2.24) is 0 Å². The molecule has 2 fully saturated rings. The molecule has 4 rings (SSSR count). The molecule has 2 N–H and O–H groups in total. The summed E-state index contributed by atoms with van der Waals surface area (Å²) in [7, 11) is 1.54. The van der Waals surface area contributed by atoms with E-state index in [0.717, 1.165) is 0 Å². The summed E-state index contributed by atoms with van der Waals surface area (Å²) in [6, 6.07) is 6.05. The van der Waals surface area contributed by atoms with E-state index >= 15 is 0 Å². The summed E-state index contributed by atoms with van der Waals surface area (Å²) in [4.78, 5) is 27.3. The number of carbonyl (C=O) groups excluding carboxylic acids is 2. The van der Waals surface area contributed by atoms with Gasteiger partial charge < -0.3 is 19.7 Å². The van der Waals surface area contributed by atoms with Crippen molar-refractivity contribution in [2.45, 2.75) is 37.1 Å². The highest BCUT2D eigenvalue weighted by atomic mass is 16.5. The number of nitrogens with zero attached hydrogens (tertiary/aromatic N) is 1. The van der Waals surface area contributed by atoms with Gasteiger partial charge in [-0.3, -0.25) is 9.59 Å². The average Bonchev–Trinajstić information content (AvgIpc) is 3.27. The molecule has 0 aliphatic carbocycles. The quantitative estimate of drug-likeness (QED) is 0.554. The molecule has 5 atom stereocenters. The molecular formula is C20H23NO6. The van der Waals surface area contributed by atoms with Crippen LogP contribution in [0.1, 0.15) is 19.3 Å². The average molecular weight is 373 g/mol. The second-order valence-corrected chi connectivity index (χ2v) is 7.43. The molecule has 3 aliphatic heterocycles. The Morgan fingerprint density at radius 2 is 2.00 bits per heavy atom. The van der Waals surface area contributed by atoms with E-state index in [1.165, 1.54) is 24.1 Å². The third-order valence-corrected chi connectivity index (χ3v) is 5.73. The van der Waals surface area contributed by atoms with Gasteiger partial charge in [0.1, 0.15) is 5.75 Å². The van der Waals surface area contributed by atoms with Gasteiger partial charge in [0.2, 0.25) is 11.8 Å². The first kappa shape index (κ1) is 18.2. The first-order valence-corrected chi connectivity index (χ1v) is 9.18. The molecule has 27 heavy (non-hydrogen) atoms. The fourth-order valence-corrected chi connectivity index (χ4v) is 4.54. The van der Waals surface area contributed by atoms with E-state index in [2.05, 4.69) is 0 Å². The highest BCUT2D eigenvalue weighted by Crippen LogP contribution is 2.54. The lowest BCUT2D eigenvalue weighted by atomic mass is 9.74. The monoisotopic (exact) mass is 373 g/mol. The summed E-state index contributed by atoms with van der Waals surface area (Å²) >= 11 is 0. The van der Waals surface area contributed by atoms with Gasteiger partial charge in [-0.15, -0.1) is 0 Å². The Morgan fingerprint density at radius 3 is 2.70 bits per heavy atom. The van der Waals surface area contributed by atoms with Gasteiger partial charge in [-0.25, -0.2) is 4.90 Å². The number of phenolic OH excluding ortho intramolecular Hbond substituents is 1. The number of amides is 2. The molecular weight excluding hydrogens is 350 g/mol. The van der Waals surface area contributed by atoms with Gasteiger partial charge in [-0.1, -0.05) is 12.2 Å². The molecule has 2 saturated heterocycles. The van der Waals surface area contributed by atoms with Gasteiger partial charge in [-0.2, -0.15) is 0 Å². The fourth-order valence-electron chi connectivity index (χ4n) is 4.54. The number of hydrogen-bond donors (Lipinski definition) is 2. The van der Waals surface area contributed by atoms with Crippen molar-refractivity contribution in [2.24, 2.45) is 11.8 Å². The number of imide groups is 1. The number of fused-ring (bicyclic) bond motifs is 5. The number of phenols is 1. The summed E-state index contributed by atoms with van der Waals surface area (Å²) in [6.45, 7) is 0.268. The first-order chi connectivity index (χ1) is 13.0. The second-order valence-electron chi connectivity index (χ2n) is 7.43. The molecule has 0 spiro atoms. The highest BCUT2D eigenvalue weighted by Gasteiger charge is 2.67. The summed E-state index contributed by atoms with van der Waals surface area (Å²) in [5.41, 5.74) is -0.331. The van der Waals surface area contributed by atoms with Crippen LogP contribution < -0.4 is 4.90 Å². The lowest BCUT2D eigenvalue weighted by Gasteiger charge is -2.29. The number of aliphatic hydroxyl groups is 1. The summed E-state index contributed by atoms with van der Waals surface area (Å²) < 4.78 is 11.0. The summed E-state index contributed by atoms with van der Waals surface area (Å²) in [6.07, 6.45) is 4.59. The van der Waals surface area contributed by atoms with E-state index in [4.69, 9.17) is 9.47 Å². The normalized spacial score (nSPS) is 32.4. The zero-order valence-corrected chi connectivity index (χ0v) is 15.1. The minimum Gasteiger partial charge on any atom is -0.508 e. The minimum absolute atomic E-state index is 0.0780. The standard InChI is InChI=1S/C20H23NO6/c1-26-11-14(23)3-2-9-20-10-8-15(27-20)16-17(20)19(25)21(18(16)24)12-4-6-13(22)7-5-12/h4-8,10,14-17,22-23H,2-3,9,11H2,1H3. The molecule has 3 heterocycles. The van der Waals surface area contributed by atoms with Gasteiger partial charge in [0.05, 0.1) is 41.9 Å². The van der Waals surface area contributed by atoms with Crippen LogP contribution >= 0.6 is 0 Å². The van der Waals surface area contributed by atoms with Crippen molar-refractivity contribution in [3.05, 3.63) is 36.4 Å². The Bertz CT molecular complexity index is 775. The SMILES string of the molecule is COCC(O)CCCC12C=CC(O1)C1C(=O)N(c3ccc(O)cc3)C(=O)C12. The number of methoxy groups -OCH3 is 1. The van der Waals surface area contributed by atoms with Crippen molar-refractivity contribution in [3.63, 3.8) is 0 Å². The summed E-state index contributed by atoms with van der Waals surface area (Å²) in [5, 5.41) is 19.3. The molecule has 2 amide bonds. The maximum Gasteiger partial charge on any atom is 0.241 e. The van der Waals surface area contributed by atoms with Crippen molar-refractivity contribution in [1.29, 1.82) is 0 Å². The predicted molar refractivity (Wildman–Crippen MR) is 96.1 cm³/mol. The summed E-state index contributed by atoms with van der Waals surface area (Å²) in [5.74, 6) is -1.51. The van der Waals surface area contributed by atoms with Gasteiger partial charge in [0.25, 0.3) is 0 Å². The number of anilines is 1. The Balaban J connectivity index is 1.54. The zero-order chi connectivity index (χ0) is 19.2. The second kappa shape index (κ2) is 6.74. The van der Waals surface area contributed by atoms with Crippen LogP contribution in [0.3, 0.4) is 0 Å². The number of aliphatic hydroxyl groups excluding tert-OH is 1. The van der Waals surface area contributed by atoms with Crippen LogP contribution in [0.15, 0.2) is 36.4 Å². The van der Waals surface area contributed by atoms with Gasteiger partial charge in [0.15, 0.2) is 0 Å². The predicted octanol–water partition coefficient (Wildman–Crippen LogP) is 1.38. The lowest BCUT2D eigenvalue weighted by Crippen LogP contribution is -2.41. The van der Waals surface area contributed by atoms with Crippen LogP contribution in [-0.4, -0.2) is 53.6 Å². The van der Waals surface area contributed by atoms with Gasteiger partial charge in [-0.05, 0) is 43.5 Å². The number of hydrogen-bond acceptors (Lipinski definition) is 6. The van der Waals surface area contributed by atoms with Crippen molar-refractivity contribution >= 4 is 17.5 Å². The van der Waals surface area contributed by atoms with Crippen LogP contribution in [0.25, 0.3) is 0 Å². The number of rotatable bonds is 7.